The van der Waals surface area contributed by atoms with Gasteiger partial charge in [0.15, 0.2) is 0 Å². The highest BCUT2D eigenvalue weighted by Crippen LogP contribution is 2.26. The molecular formula is C18H24O2. The molecule has 0 bridgehead atoms. The van der Waals surface area contributed by atoms with E-state index in [4.69, 9.17) is 4.74 Å². The van der Waals surface area contributed by atoms with Crippen LogP contribution in [0.15, 0.2) is 30.3 Å². The Kier molecular flexibility index (Phi) is 6.11. The molecule has 1 N–H and O–H groups in total. The normalized spacial score (nSPS) is 18.9. The zero-order valence-corrected chi connectivity index (χ0v) is 12.2. The van der Waals surface area contributed by atoms with Crippen LogP contribution in [0.4, 0.5) is 0 Å². The molecule has 0 heterocycles. The van der Waals surface area contributed by atoms with Gasteiger partial charge in [0.05, 0.1) is 6.61 Å². The third kappa shape index (κ3) is 5.00. The molecule has 2 rings (SSSR count). The summed E-state index contributed by atoms with van der Waals surface area (Å²) >= 11 is 0. The molecule has 0 aliphatic heterocycles. The molecule has 1 fully saturated rings. The third-order valence-corrected chi connectivity index (χ3v) is 3.87. The molecule has 1 aliphatic rings. The van der Waals surface area contributed by atoms with Crippen LogP contribution in [-0.2, 0) is 11.3 Å². The number of hydrogen-bond donors (Lipinski definition) is 1. The van der Waals surface area contributed by atoms with Crippen LogP contribution in [0, 0.1) is 17.8 Å². The summed E-state index contributed by atoms with van der Waals surface area (Å²) in [6.45, 7) is 2.50. The highest BCUT2D eigenvalue weighted by molar-refractivity contribution is 5.14. The first-order chi connectivity index (χ1) is 9.75. The molecule has 20 heavy (non-hydrogen) atoms. The Bertz CT molecular complexity index is 437. The quantitative estimate of drug-likeness (QED) is 0.850. The van der Waals surface area contributed by atoms with E-state index in [1.54, 1.807) is 0 Å². The fourth-order valence-electron chi connectivity index (χ4n) is 2.61. The zero-order chi connectivity index (χ0) is 14.2. The molecule has 2 atom stereocenters. The molecule has 0 radical (unpaired) electrons. The minimum atomic E-state index is -0.488. The second-order valence-corrected chi connectivity index (χ2v) is 5.57. The average Bonchev–Trinajstić information content (AvgIpc) is 2.52. The first kappa shape index (κ1) is 15.1. The van der Waals surface area contributed by atoms with Crippen molar-refractivity contribution in [1.82, 2.24) is 0 Å². The van der Waals surface area contributed by atoms with Crippen LogP contribution in [-0.4, -0.2) is 17.3 Å². The van der Waals surface area contributed by atoms with Gasteiger partial charge in [-0.3, -0.25) is 0 Å². The molecule has 2 nitrogen and oxygen atoms in total. The van der Waals surface area contributed by atoms with Crippen LogP contribution in [0.3, 0.4) is 0 Å². The lowest BCUT2D eigenvalue weighted by Crippen LogP contribution is -2.21. The van der Waals surface area contributed by atoms with Crippen molar-refractivity contribution in [3.05, 3.63) is 35.9 Å². The highest BCUT2D eigenvalue weighted by Gasteiger charge is 2.19. The second-order valence-electron chi connectivity index (χ2n) is 5.57. The molecular weight excluding hydrogens is 248 g/mol. The molecule has 0 unspecified atom stereocenters. The van der Waals surface area contributed by atoms with Gasteiger partial charge >= 0.3 is 0 Å². The Morgan fingerprint density at radius 1 is 1.15 bits per heavy atom. The van der Waals surface area contributed by atoms with E-state index in [0.717, 1.165) is 18.4 Å². The molecule has 0 aromatic heterocycles. The molecule has 1 aliphatic carbocycles. The van der Waals surface area contributed by atoms with Crippen molar-refractivity contribution < 1.29 is 9.84 Å². The van der Waals surface area contributed by atoms with Gasteiger partial charge in [-0.25, -0.2) is 0 Å². The van der Waals surface area contributed by atoms with Crippen LogP contribution in [0.2, 0.25) is 0 Å². The van der Waals surface area contributed by atoms with Crippen molar-refractivity contribution in [3.63, 3.8) is 0 Å². The van der Waals surface area contributed by atoms with Crippen LogP contribution >= 0.6 is 0 Å². The Balaban J connectivity index is 1.76. The fourth-order valence-corrected chi connectivity index (χ4v) is 2.61. The highest BCUT2D eigenvalue weighted by atomic mass is 16.5. The largest absolute Gasteiger partial charge is 0.380 e. The Morgan fingerprint density at radius 2 is 1.85 bits per heavy atom. The molecule has 108 valence electrons. The number of aliphatic hydroxyl groups is 1. The summed E-state index contributed by atoms with van der Waals surface area (Å²) in [7, 11) is 0. The van der Waals surface area contributed by atoms with E-state index in [1.165, 1.54) is 19.3 Å². The van der Waals surface area contributed by atoms with Crippen molar-refractivity contribution in [1.29, 1.82) is 0 Å². The molecule has 2 heteroatoms. The van der Waals surface area contributed by atoms with Gasteiger partial charge < -0.3 is 9.84 Å². The molecule has 1 aromatic rings. The summed E-state index contributed by atoms with van der Waals surface area (Å²) in [5.74, 6) is 6.36. The van der Waals surface area contributed by atoms with Crippen LogP contribution < -0.4 is 0 Å². The molecule has 0 saturated heterocycles. The van der Waals surface area contributed by atoms with Crippen LogP contribution in [0.25, 0.3) is 0 Å². The maximum atomic E-state index is 10.1. The van der Waals surface area contributed by atoms with E-state index < -0.39 is 6.10 Å². The van der Waals surface area contributed by atoms with E-state index in [-0.39, 0.29) is 6.10 Å². The van der Waals surface area contributed by atoms with Gasteiger partial charge in [0, 0.05) is 0 Å². The topological polar surface area (TPSA) is 29.5 Å². The lowest BCUT2D eigenvalue weighted by molar-refractivity contribution is 0.0887. The van der Waals surface area contributed by atoms with Crippen molar-refractivity contribution in [2.45, 2.75) is 57.8 Å². The average molecular weight is 272 g/mol. The molecule has 1 saturated carbocycles. The van der Waals surface area contributed by atoms with Gasteiger partial charge in [-0.05, 0) is 31.2 Å². The Hall–Kier alpha value is -1.30. The minimum Gasteiger partial charge on any atom is -0.380 e. The molecule has 0 spiro atoms. The standard InChI is InChI=1S/C18H24O2/c1-15(20-14-16-8-4-2-5-9-16)12-13-18(19)17-10-6-3-7-11-17/h2,4-5,8-9,15,17-19H,3,6-7,10-11,14H2,1H3/t15-,18+/m0/s1. The summed E-state index contributed by atoms with van der Waals surface area (Å²) in [5.41, 5.74) is 1.15. The third-order valence-electron chi connectivity index (χ3n) is 3.87. The maximum Gasteiger partial charge on any atom is 0.117 e. The summed E-state index contributed by atoms with van der Waals surface area (Å²) in [4.78, 5) is 0. The van der Waals surface area contributed by atoms with Crippen molar-refractivity contribution in [3.8, 4) is 11.8 Å². The van der Waals surface area contributed by atoms with Crippen LogP contribution in [0.5, 0.6) is 0 Å². The van der Waals surface area contributed by atoms with Gasteiger partial charge in [0.1, 0.15) is 12.2 Å². The van der Waals surface area contributed by atoms with E-state index in [0.29, 0.717) is 12.5 Å². The van der Waals surface area contributed by atoms with Crippen molar-refractivity contribution in [2.24, 2.45) is 5.92 Å². The van der Waals surface area contributed by atoms with Gasteiger partial charge in [0.2, 0.25) is 0 Å². The zero-order valence-electron chi connectivity index (χ0n) is 12.2. The fraction of sp³-hybridized carbons (Fsp3) is 0.556. The number of hydrogen-bond acceptors (Lipinski definition) is 2. The first-order valence-electron chi connectivity index (χ1n) is 7.60. The molecule has 0 amide bonds. The lowest BCUT2D eigenvalue weighted by Gasteiger charge is -2.23. The minimum absolute atomic E-state index is 0.145. The van der Waals surface area contributed by atoms with E-state index in [2.05, 4.69) is 11.8 Å². The first-order valence-corrected chi connectivity index (χ1v) is 7.60. The predicted molar refractivity (Wildman–Crippen MR) is 81.1 cm³/mol. The van der Waals surface area contributed by atoms with Gasteiger partial charge in [-0.15, -0.1) is 0 Å². The smallest absolute Gasteiger partial charge is 0.117 e. The summed E-state index contributed by atoms with van der Waals surface area (Å²) < 4.78 is 5.68. The SMILES string of the molecule is C[C@@H](C#C[C@@H](O)C1CCCCC1)OCc1ccccc1. The summed E-state index contributed by atoms with van der Waals surface area (Å²) in [5, 5.41) is 10.1. The summed E-state index contributed by atoms with van der Waals surface area (Å²) in [6, 6.07) is 10.1. The van der Waals surface area contributed by atoms with Crippen LogP contribution in [0.1, 0.15) is 44.6 Å². The Labute approximate surface area is 122 Å². The number of ether oxygens (including phenoxy) is 1. The van der Waals surface area contributed by atoms with E-state index in [9.17, 15) is 5.11 Å². The van der Waals surface area contributed by atoms with Gasteiger partial charge in [0.25, 0.3) is 0 Å². The molecule has 1 aromatic carbocycles. The second kappa shape index (κ2) is 8.09. The van der Waals surface area contributed by atoms with E-state index in [1.807, 2.05) is 37.3 Å². The van der Waals surface area contributed by atoms with Gasteiger partial charge in [-0.2, -0.15) is 0 Å². The predicted octanol–water partition coefficient (Wildman–Crippen LogP) is 3.54. The maximum absolute atomic E-state index is 10.1. The van der Waals surface area contributed by atoms with Gasteiger partial charge in [-0.1, -0.05) is 61.4 Å². The van der Waals surface area contributed by atoms with Crippen molar-refractivity contribution >= 4 is 0 Å². The lowest BCUT2D eigenvalue weighted by atomic mass is 9.85. The van der Waals surface area contributed by atoms with Crippen molar-refractivity contribution in [2.75, 3.05) is 0 Å². The number of benzene rings is 1. The number of aliphatic hydroxyl groups excluding tert-OH is 1. The monoisotopic (exact) mass is 272 g/mol. The van der Waals surface area contributed by atoms with E-state index >= 15 is 0 Å². The Morgan fingerprint density at radius 3 is 2.55 bits per heavy atom. The number of rotatable bonds is 4. The summed E-state index contributed by atoms with van der Waals surface area (Å²) in [6.07, 6.45) is 5.33.